The molecule has 3 aromatic carbocycles. The summed E-state index contributed by atoms with van der Waals surface area (Å²) < 4.78 is 0. The molecule has 30 heavy (non-hydrogen) atoms. The third-order valence-electron chi connectivity index (χ3n) is 6.43. The van der Waals surface area contributed by atoms with Crippen LogP contribution in [-0.2, 0) is 0 Å². The molecule has 0 radical (unpaired) electrons. The fraction of sp³-hybridized carbons (Fsp3) is 0.148. The van der Waals surface area contributed by atoms with Crippen LogP contribution in [0, 0.1) is 5.92 Å². The van der Waals surface area contributed by atoms with Gasteiger partial charge in [0.05, 0.1) is 23.6 Å². The van der Waals surface area contributed by atoms with Gasteiger partial charge in [-0.05, 0) is 53.8 Å². The molecule has 146 valence electrons. The summed E-state index contributed by atoms with van der Waals surface area (Å²) in [6.07, 6.45) is 7.75. The highest BCUT2D eigenvalue weighted by Crippen LogP contribution is 2.49. The summed E-state index contributed by atoms with van der Waals surface area (Å²) in [6, 6.07) is 28.1. The summed E-state index contributed by atoms with van der Waals surface area (Å²) in [5, 5.41) is 5.00. The van der Waals surface area contributed by atoms with E-state index in [0.29, 0.717) is 17.9 Å². The third kappa shape index (κ3) is 2.94. The van der Waals surface area contributed by atoms with E-state index in [-0.39, 0.29) is 0 Å². The van der Waals surface area contributed by atoms with E-state index in [9.17, 15) is 0 Å². The zero-order valence-electron chi connectivity index (χ0n) is 16.6. The Hall–Kier alpha value is -3.59. The summed E-state index contributed by atoms with van der Waals surface area (Å²) in [7, 11) is 0. The topological polar surface area (TPSA) is 40.2 Å². The molecule has 1 aromatic heterocycles. The second-order valence-corrected chi connectivity index (χ2v) is 8.22. The van der Waals surface area contributed by atoms with Gasteiger partial charge in [-0.15, -0.1) is 0 Å². The van der Waals surface area contributed by atoms with Crippen molar-refractivity contribution < 1.29 is 0 Å². The van der Waals surface area contributed by atoms with Gasteiger partial charge < -0.3 is 10.3 Å². The predicted molar refractivity (Wildman–Crippen MR) is 125 cm³/mol. The second-order valence-electron chi connectivity index (χ2n) is 8.22. The highest BCUT2D eigenvalue weighted by atomic mass is 15.0. The lowest BCUT2D eigenvalue weighted by Crippen LogP contribution is -2.28. The molecule has 0 bridgehead atoms. The maximum atomic E-state index is 4.67. The van der Waals surface area contributed by atoms with Crippen molar-refractivity contribution in [2.75, 3.05) is 5.32 Å². The van der Waals surface area contributed by atoms with Gasteiger partial charge in [0.1, 0.15) is 0 Å². The zero-order valence-corrected chi connectivity index (χ0v) is 16.6. The van der Waals surface area contributed by atoms with Crippen LogP contribution in [0.15, 0.2) is 96.0 Å². The number of nitrogens with zero attached hydrogens (tertiary/aromatic N) is 1. The van der Waals surface area contributed by atoms with E-state index in [1.807, 2.05) is 12.3 Å². The Morgan fingerprint density at radius 2 is 1.73 bits per heavy atom. The average Bonchev–Trinajstić information content (AvgIpc) is 3.45. The van der Waals surface area contributed by atoms with E-state index < -0.39 is 0 Å². The number of aromatic amines is 1. The SMILES string of the molecule is C1=C[C@@H]2c3ccccc3N[C@@H](c3ccc(N=Cc4cc5ccccc5[nH]4)cc3)[C@@H]2C1. The summed E-state index contributed by atoms with van der Waals surface area (Å²) in [5.41, 5.74) is 7.13. The van der Waals surface area contributed by atoms with Crippen LogP contribution in [0.4, 0.5) is 11.4 Å². The van der Waals surface area contributed by atoms with E-state index in [2.05, 4.69) is 100 Å². The highest BCUT2D eigenvalue weighted by Gasteiger charge is 2.37. The minimum atomic E-state index is 0.326. The number of anilines is 1. The molecule has 0 amide bonds. The number of para-hydroxylation sites is 2. The lowest BCUT2D eigenvalue weighted by Gasteiger charge is -2.37. The van der Waals surface area contributed by atoms with Gasteiger partial charge in [-0.25, -0.2) is 0 Å². The van der Waals surface area contributed by atoms with Gasteiger partial charge in [0.25, 0.3) is 0 Å². The molecule has 1 aliphatic heterocycles. The summed E-state index contributed by atoms with van der Waals surface area (Å²) in [6.45, 7) is 0. The summed E-state index contributed by atoms with van der Waals surface area (Å²) >= 11 is 0. The Morgan fingerprint density at radius 3 is 2.63 bits per heavy atom. The monoisotopic (exact) mass is 389 g/mol. The Balaban J connectivity index is 1.25. The van der Waals surface area contributed by atoms with Crippen LogP contribution in [0.25, 0.3) is 10.9 Å². The van der Waals surface area contributed by atoms with Gasteiger partial charge in [0.2, 0.25) is 0 Å². The van der Waals surface area contributed by atoms with Crippen molar-refractivity contribution in [1.29, 1.82) is 0 Å². The quantitative estimate of drug-likeness (QED) is 0.295. The maximum absolute atomic E-state index is 4.67. The van der Waals surface area contributed by atoms with Crippen LogP contribution in [0.2, 0.25) is 0 Å². The standard InChI is InChI=1S/C27H23N3/c1-3-10-25-19(6-1)16-21(29-25)17-28-20-14-12-18(13-15-20)27-24-9-5-8-22(24)23-7-2-4-11-26(23)30-27/h1-8,10-17,22,24,27,29-30H,9H2/t22-,24-,27+/m1/s1. The molecule has 2 aliphatic rings. The molecule has 3 heteroatoms. The number of fused-ring (bicyclic) bond motifs is 4. The van der Waals surface area contributed by atoms with Gasteiger partial charge in [-0.1, -0.05) is 60.7 Å². The van der Waals surface area contributed by atoms with Gasteiger partial charge in [0.15, 0.2) is 0 Å². The van der Waals surface area contributed by atoms with Crippen molar-refractivity contribution in [3.63, 3.8) is 0 Å². The second kappa shape index (κ2) is 7.03. The molecule has 3 atom stereocenters. The number of nitrogens with one attached hydrogen (secondary N) is 2. The number of allylic oxidation sites excluding steroid dienone is 2. The molecule has 6 rings (SSSR count). The van der Waals surface area contributed by atoms with Crippen molar-refractivity contribution in [1.82, 2.24) is 4.98 Å². The first kappa shape index (κ1) is 17.3. The largest absolute Gasteiger partial charge is 0.378 e. The van der Waals surface area contributed by atoms with Gasteiger partial charge in [0, 0.05) is 22.5 Å². The number of rotatable bonds is 3. The number of benzene rings is 3. The highest BCUT2D eigenvalue weighted by molar-refractivity contribution is 5.90. The number of aliphatic imine (C=N–C) groups is 1. The predicted octanol–water partition coefficient (Wildman–Crippen LogP) is 6.75. The molecule has 1 aliphatic carbocycles. The molecular formula is C27H23N3. The number of H-pyrrole nitrogens is 1. The molecule has 0 saturated heterocycles. The number of hydrogen-bond donors (Lipinski definition) is 2. The van der Waals surface area contributed by atoms with Gasteiger partial charge >= 0.3 is 0 Å². The van der Waals surface area contributed by atoms with E-state index in [4.69, 9.17) is 0 Å². The average molecular weight is 390 g/mol. The maximum Gasteiger partial charge on any atom is 0.0630 e. The van der Waals surface area contributed by atoms with E-state index in [1.165, 1.54) is 22.2 Å². The number of hydrogen-bond acceptors (Lipinski definition) is 2. The third-order valence-corrected chi connectivity index (χ3v) is 6.43. The molecule has 0 unspecified atom stereocenters. The Kier molecular flexibility index (Phi) is 4.05. The smallest absolute Gasteiger partial charge is 0.0630 e. The van der Waals surface area contributed by atoms with Crippen LogP contribution in [0.5, 0.6) is 0 Å². The number of aromatic nitrogens is 1. The Labute approximate surface area is 176 Å². The lowest BCUT2D eigenvalue weighted by atomic mass is 9.77. The summed E-state index contributed by atoms with van der Waals surface area (Å²) in [5.74, 6) is 1.08. The molecular weight excluding hydrogens is 366 g/mol. The Bertz CT molecular complexity index is 1230. The van der Waals surface area contributed by atoms with Crippen LogP contribution in [-0.4, -0.2) is 11.2 Å². The van der Waals surface area contributed by atoms with Crippen LogP contribution in [0.1, 0.15) is 35.2 Å². The minimum absolute atomic E-state index is 0.326. The van der Waals surface area contributed by atoms with Crippen molar-refractivity contribution >= 4 is 28.5 Å². The van der Waals surface area contributed by atoms with Crippen LogP contribution in [0.3, 0.4) is 0 Å². The van der Waals surface area contributed by atoms with E-state index >= 15 is 0 Å². The normalized spacial score (nSPS) is 22.2. The van der Waals surface area contributed by atoms with Gasteiger partial charge in [-0.3, -0.25) is 4.99 Å². The van der Waals surface area contributed by atoms with Crippen molar-refractivity contribution in [2.24, 2.45) is 10.9 Å². The fourth-order valence-electron chi connectivity index (χ4n) is 4.95. The van der Waals surface area contributed by atoms with Crippen molar-refractivity contribution in [3.05, 3.63) is 108 Å². The Morgan fingerprint density at radius 1 is 0.900 bits per heavy atom. The first-order valence-electron chi connectivity index (χ1n) is 10.6. The molecule has 3 nitrogen and oxygen atoms in total. The van der Waals surface area contributed by atoms with Crippen LogP contribution < -0.4 is 5.32 Å². The first-order valence-corrected chi connectivity index (χ1v) is 10.6. The van der Waals surface area contributed by atoms with Crippen molar-refractivity contribution in [3.8, 4) is 0 Å². The van der Waals surface area contributed by atoms with Crippen molar-refractivity contribution in [2.45, 2.75) is 18.4 Å². The van der Waals surface area contributed by atoms with Crippen LogP contribution >= 0.6 is 0 Å². The van der Waals surface area contributed by atoms with Gasteiger partial charge in [-0.2, -0.15) is 0 Å². The summed E-state index contributed by atoms with van der Waals surface area (Å²) in [4.78, 5) is 8.07. The molecule has 4 aromatic rings. The molecule has 0 saturated carbocycles. The molecule has 0 fully saturated rings. The minimum Gasteiger partial charge on any atom is -0.378 e. The van der Waals surface area contributed by atoms with E-state index in [1.54, 1.807) is 0 Å². The molecule has 2 N–H and O–H groups in total. The zero-order chi connectivity index (χ0) is 19.9. The molecule has 0 spiro atoms. The lowest BCUT2D eigenvalue weighted by molar-refractivity contribution is 0.425. The fourth-order valence-corrected chi connectivity index (χ4v) is 4.95. The van der Waals surface area contributed by atoms with E-state index in [0.717, 1.165) is 23.3 Å². The molecule has 2 heterocycles. The first-order chi connectivity index (χ1) is 14.8.